The molecule has 0 N–H and O–H groups in total. The summed E-state index contributed by atoms with van der Waals surface area (Å²) < 4.78 is 28.2. The number of rotatable bonds is 3. The van der Waals surface area contributed by atoms with Crippen molar-refractivity contribution in [2.24, 2.45) is 5.16 Å². The number of carbonyl (C=O) groups excluding carboxylic acids is 1. The molecule has 6 heteroatoms. The average Bonchev–Trinajstić information content (AvgIpc) is 2.39. The Morgan fingerprint density at radius 1 is 1.11 bits per heavy atom. The molecule has 1 aliphatic rings. The maximum atomic E-state index is 11.8. The number of benzene rings is 1. The fourth-order valence-electron chi connectivity index (χ4n) is 1.45. The van der Waals surface area contributed by atoms with E-state index in [2.05, 4.69) is 9.44 Å². The Kier molecular flexibility index (Phi) is 3.62. The second-order valence-electron chi connectivity index (χ2n) is 3.88. The summed E-state index contributed by atoms with van der Waals surface area (Å²) in [6.45, 7) is 1.65. The molecule has 98 valence electrons. The van der Waals surface area contributed by atoms with Crippen LogP contribution in [0.25, 0.3) is 0 Å². The summed E-state index contributed by atoms with van der Waals surface area (Å²) in [6.07, 6.45) is 4.07. The van der Waals surface area contributed by atoms with E-state index in [4.69, 9.17) is 0 Å². The Morgan fingerprint density at radius 2 is 1.79 bits per heavy atom. The highest BCUT2D eigenvalue weighted by molar-refractivity contribution is 7.86. The van der Waals surface area contributed by atoms with Gasteiger partial charge >= 0.3 is 10.1 Å². The molecule has 0 heterocycles. The van der Waals surface area contributed by atoms with Gasteiger partial charge in [-0.25, -0.2) is 0 Å². The van der Waals surface area contributed by atoms with Crippen molar-refractivity contribution in [3.8, 4) is 0 Å². The van der Waals surface area contributed by atoms with E-state index in [9.17, 15) is 13.2 Å². The Bertz CT molecular complexity index is 685. The standard InChI is InChI=1S/C13H11NO4S/c1-10-9-11(15)7-8-13(10)14-18-19(16,17)12-5-3-2-4-6-12/h2-9H,1H3. The number of allylic oxidation sites excluding steroid dienone is 4. The Hall–Kier alpha value is -2.21. The van der Waals surface area contributed by atoms with Crippen LogP contribution < -0.4 is 0 Å². The van der Waals surface area contributed by atoms with E-state index >= 15 is 0 Å². The van der Waals surface area contributed by atoms with Crippen LogP contribution in [0.5, 0.6) is 0 Å². The van der Waals surface area contributed by atoms with Crippen LogP contribution in [-0.4, -0.2) is 19.9 Å². The van der Waals surface area contributed by atoms with Crippen LogP contribution in [0.3, 0.4) is 0 Å². The molecule has 0 fully saturated rings. The third kappa shape index (κ3) is 3.17. The van der Waals surface area contributed by atoms with Crippen LogP contribution in [-0.2, 0) is 19.2 Å². The smallest absolute Gasteiger partial charge is 0.290 e. The first kappa shape index (κ1) is 13.2. The lowest BCUT2D eigenvalue weighted by Crippen LogP contribution is -2.09. The second kappa shape index (κ2) is 5.19. The molecule has 0 atom stereocenters. The molecule has 0 aliphatic heterocycles. The molecule has 0 amide bonds. The molecule has 5 nitrogen and oxygen atoms in total. The summed E-state index contributed by atoms with van der Waals surface area (Å²) in [5.74, 6) is -0.164. The summed E-state index contributed by atoms with van der Waals surface area (Å²) in [4.78, 5) is 11.1. The minimum Gasteiger partial charge on any atom is -0.290 e. The molecule has 2 rings (SSSR count). The molecule has 0 unspecified atom stereocenters. The lowest BCUT2D eigenvalue weighted by atomic mass is 10.1. The normalized spacial score (nSPS) is 17.4. The number of carbonyl (C=O) groups is 1. The van der Waals surface area contributed by atoms with E-state index in [0.29, 0.717) is 11.3 Å². The number of hydrogen-bond donors (Lipinski definition) is 0. The van der Waals surface area contributed by atoms with Crippen LogP contribution in [0.1, 0.15) is 6.92 Å². The maximum absolute atomic E-state index is 11.8. The molecule has 0 saturated carbocycles. The van der Waals surface area contributed by atoms with E-state index in [1.165, 1.54) is 30.4 Å². The molecule has 0 aromatic heterocycles. The van der Waals surface area contributed by atoms with Crippen molar-refractivity contribution in [3.63, 3.8) is 0 Å². The number of hydrogen-bond acceptors (Lipinski definition) is 5. The van der Waals surface area contributed by atoms with Gasteiger partial charge in [-0.05, 0) is 42.9 Å². The van der Waals surface area contributed by atoms with Crippen LogP contribution in [0.2, 0.25) is 0 Å². The topological polar surface area (TPSA) is 72.8 Å². The highest BCUT2D eigenvalue weighted by Gasteiger charge is 2.16. The van der Waals surface area contributed by atoms with E-state index in [1.54, 1.807) is 25.1 Å². The molecular weight excluding hydrogens is 266 g/mol. The predicted octanol–water partition coefficient (Wildman–Crippen LogP) is 1.83. The fraction of sp³-hybridized carbons (Fsp3) is 0.0769. The molecule has 0 bridgehead atoms. The molecule has 1 aromatic rings. The minimum absolute atomic E-state index is 0.0249. The lowest BCUT2D eigenvalue weighted by Gasteiger charge is -2.06. The first-order valence-corrected chi connectivity index (χ1v) is 6.87. The van der Waals surface area contributed by atoms with Crippen molar-refractivity contribution in [1.82, 2.24) is 0 Å². The number of ketones is 1. The summed E-state index contributed by atoms with van der Waals surface area (Å²) in [5, 5.41) is 3.57. The van der Waals surface area contributed by atoms with Crippen LogP contribution in [0.4, 0.5) is 0 Å². The van der Waals surface area contributed by atoms with Gasteiger partial charge in [0.1, 0.15) is 10.6 Å². The zero-order valence-corrected chi connectivity index (χ0v) is 10.9. The quantitative estimate of drug-likeness (QED) is 0.624. The molecule has 19 heavy (non-hydrogen) atoms. The van der Waals surface area contributed by atoms with Gasteiger partial charge in [-0.3, -0.25) is 9.08 Å². The highest BCUT2D eigenvalue weighted by Crippen LogP contribution is 2.13. The van der Waals surface area contributed by atoms with Crippen molar-refractivity contribution in [3.05, 3.63) is 54.1 Å². The van der Waals surface area contributed by atoms with Crippen molar-refractivity contribution in [1.29, 1.82) is 0 Å². The Balaban J connectivity index is 2.22. The van der Waals surface area contributed by atoms with Gasteiger partial charge in [0, 0.05) is 0 Å². The van der Waals surface area contributed by atoms with Gasteiger partial charge in [0.15, 0.2) is 5.78 Å². The van der Waals surface area contributed by atoms with E-state index in [-0.39, 0.29) is 10.7 Å². The summed E-state index contributed by atoms with van der Waals surface area (Å²) in [7, 11) is -3.93. The maximum Gasteiger partial charge on any atom is 0.358 e. The molecule has 0 radical (unpaired) electrons. The SMILES string of the molecule is CC1=CC(=O)C=CC1=NOS(=O)(=O)c1ccccc1. The van der Waals surface area contributed by atoms with E-state index < -0.39 is 10.1 Å². The van der Waals surface area contributed by atoms with Crippen molar-refractivity contribution in [2.75, 3.05) is 0 Å². The Labute approximate surface area is 111 Å². The monoisotopic (exact) mass is 277 g/mol. The zero-order chi connectivity index (χ0) is 13.9. The van der Waals surface area contributed by atoms with Gasteiger partial charge in [-0.15, -0.1) is 0 Å². The molecular formula is C13H11NO4S. The number of nitrogens with zero attached hydrogens (tertiary/aromatic N) is 1. The van der Waals surface area contributed by atoms with Crippen LogP contribution in [0.15, 0.2) is 64.2 Å². The summed E-state index contributed by atoms with van der Waals surface area (Å²) in [6, 6.07) is 7.71. The van der Waals surface area contributed by atoms with E-state index in [1.807, 2.05) is 0 Å². The van der Waals surface area contributed by atoms with Crippen LogP contribution in [0, 0.1) is 0 Å². The van der Waals surface area contributed by atoms with E-state index in [0.717, 1.165) is 0 Å². The van der Waals surface area contributed by atoms with Gasteiger partial charge in [0.25, 0.3) is 0 Å². The van der Waals surface area contributed by atoms with Gasteiger partial charge in [-0.2, -0.15) is 8.42 Å². The lowest BCUT2D eigenvalue weighted by molar-refractivity contribution is -0.110. The number of oxime groups is 1. The average molecular weight is 277 g/mol. The van der Waals surface area contributed by atoms with Gasteiger partial charge < -0.3 is 0 Å². The first-order chi connectivity index (χ1) is 8.99. The van der Waals surface area contributed by atoms with Gasteiger partial charge in [0.2, 0.25) is 0 Å². The fourth-order valence-corrected chi connectivity index (χ4v) is 2.20. The third-order valence-corrected chi connectivity index (χ3v) is 3.55. The van der Waals surface area contributed by atoms with Crippen molar-refractivity contribution in [2.45, 2.75) is 11.8 Å². The van der Waals surface area contributed by atoms with Gasteiger partial charge in [0.05, 0.1) is 0 Å². The zero-order valence-electron chi connectivity index (χ0n) is 10.1. The third-order valence-electron chi connectivity index (χ3n) is 2.43. The summed E-state index contributed by atoms with van der Waals surface area (Å²) >= 11 is 0. The highest BCUT2D eigenvalue weighted by atomic mass is 32.2. The molecule has 1 aliphatic carbocycles. The largest absolute Gasteiger partial charge is 0.358 e. The summed E-state index contributed by atoms with van der Waals surface area (Å²) in [5.41, 5.74) is 0.856. The molecule has 1 aromatic carbocycles. The van der Waals surface area contributed by atoms with Crippen LogP contribution >= 0.6 is 0 Å². The molecule has 0 saturated heterocycles. The Morgan fingerprint density at radius 3 is 2.42 bits per heavy atom. The van der Waals surface area contributed by atoms with Crippen molar-refractivity contribution < 1.29 is 17.5 Å². The molecule has 0 spiro atoms. The van der Waals surface area contributed by atoms with Crippen molar-refractivity contribution >= 4 is 21.6 Å². The minimum atomic E-state index is -3.93. The first-order valence-electron chi connectivity index (χ1n) is 5.46. The predicted molar refractivity (Wildman–Crippen MR) is 70.1 cm³/mol. The second-order valence-corrected chi connectivity index (χ2v) is 5.41. The van der Waals surface area contributed by atoms with Gasteiger partial charge in [-0.1, -0.05) is 23.4 Å².